The molecule has 7 heteroatoms. The molecule has 1 aromatic heterocycles. The van der Waals surface area contributed by atoms with E-state index in [4.69, 9.17) is 0 Å². The van der Waals surface area contributed by atoms with Gasteiger partial charge in [-0.3, -0.25) is 9.59 Å². The SMILES string of the molecule is Cc1csc(SCC(=O)NCc2ccc(C(=O)N3CCCCC3)cc2)n1. The molecule has 1 N–H and O–H groups in total. The minimum atomic E-state index is -0.0173. The highest BCUT2D eigenvalue weighted by Gasteiger charge is 2.17. The van der Waals surface area contributed by atoms with Gasteiger partial charge in [-0.25, -0.2) is 4.98 Å². The molecule has 1 fully saturated rings. The number of nitrogens with one attached hydrogen (secondary N) is 1. The molecule has 1 aromatic carbocycles. The van der Waals surface area contributed by atoms with E-state index < -0.39 is 0 Å². The fourth-order valence-electron chi connectivity index (χ4n) is 2.82. The number of nitrogens with zero attached hydrogens (tertiary/aromatic N) is 2. The van der Waals surface area contributed by atoms with Crippen LogP contribution in [0.1, 0.15) is 40.9 Å². The molecule has 1 saturated heterocycles. The Hall–Kier alpha value is -1.86. The summed E-state index contributed by atoms with van der Waals surface area (Å²) in [5, 5.41) is 4.89. The molecule has 1 aliphatic heterocycles. The van der Waals surface area contributed by atoms with Gasteiger partial charge < -0.3 is 10.2 Å². The van der Waals surface area contributed by atoms with Gasteiger partial charge in [0.15, 0.2) is 4.34 Å². The van der Waals surface area contributed by atoms with Gasteiger partial charge in [0, 0.05) is 36.3 Å². The third kappa shape index (κ3) is 5.32. The van der Waals surface area contributed by atoms with Gasteiger partial charge in [0.05, 0.1) is 5.75 Å². The van der Waals surface area contributed by atoms with E-state index in [1.54, 1.807) is 11.3 Å². The molecule has 0 saturated carbocycles. The zero-order valence-corrected chi connectivity index (χ0v) is 16.5. The highest BCUT2D eigenvalue weighted by Crippen LogP contribution is 2.21. The number of aryl methyl sites for hydroxylation is 1. The van der Waals surface area contributed by atoms with Gasteiger partial charge in [-0.1, -0.05) is 23.9 Å². The largest absolute Gasteiger partial charge is 0.351 e. The first-order valence-corrected chi connectivity index (χ1v) is 10.7. The molecule has 2 amide bonds. The van der Waals surface area contributed by atoms with Gasteiger partial charge in [0.1, 0.15) is 0 Å². The van der Waals surface area contributed by atoms with Crippen molar-refractivity contribution >= 4 is 34.9 Å². The average Bonchev–Trinajstić information content (AvgIpc) is 3.10. The van der Waals surface area contributed by atoms with Gasteiger partial charge in [0.2, 0.25) is 5.91 Å². The van der Waals surface area contributed by atoms with Gasteiger partial charge >= 0.3 is 0 Å². The molecule has 2 heterocycles. The number of likely N-dealkylation sites (tertiary alicyclic amines) is 1. The summed E-state index contributed by atoms with van der Waals surface area (Å²) in [4.78, 5) is 30.7. The summed E-state index contributed by atoms with van der Waals surface area (Å²) in [5.74, 6) is 0.449. The molecule has 5 nitrogen and oxygen atoms in total. The number of benzene rings is 1. The van der Waals surface area contributed by atoms with Crippen molar-refractivity contribution in [3.8, 4) is 0 Å². The Labute approximate surface area is 162 Å². The molecule has 26 heavy (non-hydrogen) atoms. The van der Waals surface area contributed by atoms with Gasteiger partial charge in [-0.2, -0.15) is 0 Å². The molecule has 1 aliphatic rings. The van der Waals surface area contributed by atoms with E-state index in [1.807, 2.05) is 41.5 Å². The van der Waals surface area contributed by atoms with Crippen LogP contribution in [0.4, 0.5) is 0 Å². The second-order valence-corrected chi connectivity index (χ2v) is 8.45. The van der Waals surface area contributed by atoms with E-state index in [-0.39, 0.29) is 11.8 Å². The van der Waals surface area contributed by atoms with E-state index in [1.165, 1.54) is 18.2 Å². The summed E-state index contributed by atoms with van der Waals surface area (Å²) in [6, 6.07) is 7.53. The van der Waals surface area contributed by atoms with E-state index >= 15 is 0 Å². The fourth-order valence-corrected chi connectivity index (χ4v) is 4.50. The van der Waals surface area contributed by atoms with E-state index in [0.717, 1.165) is 47.1 Å². The Morgan fingerprint density at radius 2 is 1.92 bits per heavy atom. The maximum Gasteiger partial charge on any atom is 0.253 e. The maximum atomic E-state index is 12.4. The van der Waals surface area contributed by atoms with E-state index in [2.05, 4.69) is 10.3 Å². The van der Waals surface area contributed by atoms with Crippen LogP contribution in [0.3, 0.4) is 0 Å². The third-order valence-corrected chi connectivity index (χ3v) is 6.40. The number of carbonyl (C=O) groups is 2. The van der Waals surface area contributed by atoms with Gasteiger partial charge in [-0.15, -0.1) is 11.3 Å². The van der Waals surface area contributed by atoms with Crippen molar-refractivity contribution in [3.05, 3.63) is 46.5 Å². The summed E-state index contributed by atoms with van der Waals surface area (Å²) in [7, 11) is 0. The minimum Gasteiger partial charge on any atom is -0.351 e. The van der Waals surface area contributed by atoms with Crippen LogP contribution in [0.25, 0.3) is 0 Å². The molecule has 138 valence electrons. The van der Waals surface area contributed by atoms with Crippen molar-refractivity contribution in [1.82, 2.24) is 15.2 Å². The highest BCUT2D eigenvalue weighted by atomic mass is 32.2. The summed E-state index contributed by atoms with van der Waals surface area (Å²) in [6.07, 6.45) is 3.39. The molecule has 3 rings (SSSR count). The molecule has 0 radical (unpaired) electrons. The van der Waals surface area contributed by atoms with Crippen LogP contribution in [-0.4, -0.2) is 40.5 Å². The molecule has 0 unspecified atom stereocenters. The topological polar surface area (TPSA) is 62.3 Å². The number of aromatic nitrogens is 1. The summed E-state index contributed by atoms with van der Waals surface area (Å²) < 4.78 is 0.915. The number of hydrogen-bond acceptors (Lipinski definition) is 5. The summed E-state index contributed by atoms with van der Waals surface area (Å²) in [5.41, 5.74) is 2.69. The number of hydrogen-bond donors (Lipinski definition) is 1. The number of carbonyl (C=O) groups excluding carboxylic acids is 2. The molecule has 0 atom stereocenters. The molecular weight excluding hydrogens is 366 g/mol. The minimum absolute atomic E-state index is 0.0173. The van der Waals surface area contributed by atoms with Crippen LogP contribution in [0.2, 0.25) is 0 Å². The fraction of sp³-hybridized carbons (Fsp3) is 0.421. The second-order valence-electron chi connectivity index (χ2n) is 6.37. The quantitative estimate of drug-likeness (QED) is 0.768. The monoisotopic (exact) mass is 389 g/mol. The lowest BCUT2D eigenvalue weighted by atomic mass is 10.1. The lowest BCUT2D eigenvalue weighted by Crippen LogP contribution is -2.35. The standard InChI is InChI=1S/C19H23N3O2S2/c1-14-12-25-19(21-14)26-13-17(23)20-11-15-5-7-16(8-6-15)18(24)22-9-3-2-4-10-22/h5-8,12H,2-4,9-11,13H2,1H3,(H,20,23). The number of thiazole rings is 1. The van der Waals surface area contributed by atoms with Crippen molar-refractivity contribution in [2.24, 2.45) is 0 Å². The normalized spacial score (nSPS) is 14.3. The molecular formula is C19H23N3O2S2. The predicted molar refractivity (Wildman–Crippen MR) is 106 cm³/mol. The lowest BCUT2D eigenvalue weighted by molar-refractivity contribution is -0.118. The van der Waals surface area contributed by atoms with Crippen LogP contribution in [0.5, 0.6) is 0 Å². The second kappa shape index (κ2) is 9.19. The van der Waals surface area contributed by atoms with Crippen LogP contribution < -0.4 is 5.32 Å². The first-order chi connectivity index (χ1) is 12.6. The lowest BCUT2D eigenvalue weighted by Gasteiger charge is -2.26. The van der Waals surface area contributed by atoms with Crippen molar-refractivity contribution in [3.63, 3.8) is 0 Å². The number of piperidine rings is 1. The van der Waals surface area contributed by atoms with Gasteiger partial charge in [0.25, 0.3) is 5.91 Å². The van der Waals surface area contributed by atoms with Crippen LogP contribution in [-0.2, 0) is 11.3 Å². The van der Waals surface area contributed by atoms with E-state index in [9.17, 15) is 9.59 Å². The van der Waals surface area contributed by atoms with Crippen LogP contribution in [0, 0.1) is 6.92 Å². The summed E-state index contributed by atoms with van der Waals surface area (Å²) >= 11 is 3.01. The molecule has 0 aliphatic carbocycles. The Bertz CT molecular complexity index is 752. The summed E-state index contributed by atoms with van der Waals surface area (Å²) in [6.45, 7) is 4.12. The first kappa shape index (κ1) is 18.9. The molecule has 0 bridgehead atoms. The van der Waals surface area contributed by atoms with Crippen LogP contribution >= 0.6 is 23.1 Å². The Morgan fingerprint density at radius 3 is 2.58 bits per heavy atom. The number of rotatable bonds is 6. The van der Waals surface area contributed by atoms with Gasteiger partial charge in [-0.05, 0) is 43.9 Å². The van der Waals surface area contributed by atoms with Crippen LogP contribution in [0.15, 0.2) is 34.0 Å². The smallest absolute Gasteiger partial charge is 0.253 e. The highest BCUT2D eigenvalue weighted by molar-refractivity contribution is 8.01. The average molecular weight is 390 g/mol. The third-order valence-electron chi connectivity index (χ3n) is 4.26. The Kier molecular flexibility index (Phi) is 6.68. The van der Waals surface area contributed by atoms with Crippen molar-refractivity contribution in [1.29, 1.82) is 0 Å². The zero-order chi connectivity index (χ0) is 18.4. The zero-order valence-electron chi connectivity index (χ0n) is 14.9. The van der Waals surface area contributed by atoms with Crippen molar-refractivity contribution in [2.45, 2.75) is 37.1 Å². The maximum absolute atomic E-state index is 12.4. The predicted octanol–water partition coefficient (Wildman–Crippen LogP) is 3.49. The van der Waals surface area contributed by atoms with E-state index in [0.29, 0.717) is 12.3 Å². The molecule has 0 spiro atoms. The Morgan fingerprint density at radius 1 is 1.19 bits per heavy atom. The van der Waals surface area contributed by atoms with Crippen molar-refractivity contribution < 1.29 is 9.59 Å². The first-order valence-electron chi connectivity index (χ1n) is 8.81. The van der Waals surface area contributed by atoms with Crippen molar-refractivity contribution in [2.75, 3.05) is 18.8 Å². The molecule has 2 aromatic rings. The number of amides is 2. The number of thioether (sulfide) groups is 1. The Balaban J connectivity index is 1.44.